The predicted octanol–water partition coefficient (Wildman–Crippen LogP) is 3.58. The van der Waals surface area contributed by atoms with Crippen molar-refractivity contribution < 1.29 is 23.8 Å². The molecule has 0 unspecified atom stereocenters. The fraction of sp³-hybridized carbons (Fsp3) is 0.464. The maximum absolute atomic E-state index is 14.3. The number of halogens is 1. The lowest BCUT2D eigenvalue weighted by atomic mass is 9.80. The molecule has 3 aromatic heterocycles. The Morgan fingerprint density at radius 2 is 2.02 bits per heavy atom. The minimum Gasteiger partial charge on any atom is -0.453 e. The largest absolute Gasteiger partial charge is 0.453 e. The molecule has 11 nitrogen and oxygen atoms in total. The molecule has 0 aromatic carbocycles. The van der Waals surface area contributed by atoms with E-state index >= 15 is 0 Å². The van der Waals surface area contributed by atoms with Crippen molar-refractivity contribution in [1.82, 2.24) is 25.2 Å². The van der Waals surface area contributed by atoms with Gasteiger partial charge in [-0.3, -0.25) is 9.78 Å². The number of nitrogens with zero attached hydrogens (tertiary/aromatic N) is 4. The van der Waals surface area contributed by atoms with Crippen molar-refractivity contribution in [2.24, 2.45) is 0 Å². The lowest BCUT2D eigenvalue weighted by molar-refractivity contribution is -0.00178. The highest BCUT2D eigenvalue weighted by Crippen LogP contribution is 2.32. The van der Waals surface area contributed by atoms with Gasteiger partial charge in [0.25, 0.3) is 5.91 Å². The zero-order valence-electron chi connectivity index (χ0n) is 23.0. The van der Waals surface area contributed by atoms with Crippen LogP contribution in [0.3, 0.4) is 0 Å². The van der Waals surface area contributed by atoms with Crippen LogP contribution < -0.4 is 16.0 Å². The second-order valence-corrected chi connectivity index (χ2v) is 11.0. The van der Waals surface area contributed by atoms with E-state index in [1.54, 1.807) is 16.6 Å². The number of carbonyl (C=O) groups is 2. The zero-order chi connectivity index (χ0) is 29.1. The minimum absolute atomic E-state index is 0.00000747. The van der Waals surface area contributed by atoms with Gasteiger partial charge < -0.3 is 25.8 Å². The number of methoxy groups -OCH3 is 1. The van der Waals surface area contributed by atoms with Crippen LogP contribution in [0.5, 0.6) is 0 Å². The fourth-order valence-electron chi connectivity index (χ4n) is 4.72. The van der Waals surface area contributed by atoms with Crippen molar-refractivity contribution in [3.05, 3.63) is 47.8 Å². The molecule has 3 aromatic rings. The molecule has 40 heavy (non-hydrogen) atoms. The van der Waals surface area contributed by atoms with Gasteiger partial charge in [0.1, 0.15) is 12.2 Å². The number of alkyl halides is 1. The molecule has 1 aliphatic carbocycles. The summed E-state index contributed by atoms with van der Waals surface area (Å²) in [5, 5.41) is 32.4. The number of hydrogen-bond donors (Lipinski definition) is 4. The van der Waals surface area contributed by atoms with E-state index in [1.807, 2.05) is 19.1 Å². The summed E-state index contributed by atoms with van der Waals surface area (Å²) in [6.07, 6.45) is 3.60. The Hall–Kier alpha value is -4.24. The molecule has 0 aliphatic heterocycles. The summed E-state index contributed by atoms with van der Waals surface area (Å²) >= 11 is 0. The normalized spacial score (nSPS) is 19.9. The van der Waals surface area contributed by atoms with Gasteiger partial charge in [0.05, 0.1) is 59.2 Å². The first kappa shape index (κ1) is 28.8. The van der Waals surface area contributed by atoms with E-state index in [0.29, 0.717) is 35.5 Å². The molecule has 4 rings (SSSR count). The fourth-order valence-corrected chi connectivity index (χ4v) is 4.72. The number of anilines is 1. The van der Waals surface area contributed by atoms with Gasteiger partial charge in [0.15, 0.2) is 0 Å². The third kappa shape index (κ3) is 6.48. The molecule has 212 valence electrons. The number of nitrogens with one attached hydrogen (secondary N) is 3. The average molecular weight is 552 g/mol. The summed E-state index contributed by atoms with van der Waals surface area (Å²) < 4.78 is 20.7. The van der Waals surface area contributed by atoms with Crippen LogP contribution >= 0.6 is 0 Å². The van der Waals surface area contributed by atoms with Gasteiger partial charge in [-0.25, -0.2) is 13.7 Å². The van der Waals surface area contributed by atoms with Gasteiger partial charge in [-0.15, -0.1) is 0 Å². The van der Waals surface area contributed by atoms with Gasteiger partial charge in [0, 0.05) is 17.8 Å². The predicted molar refractivity (Wildman–Crippen MR) is 146 cm³/mol. The number of pyridine rings is 1. The first-order valence-electron chi connectivity index (χ1n) is 13.1. The van der Waals surface area contributed by atoms with Crippen LogP contribution in [0.1, 0.15) is 62.4 Å². The minimum atomic E-state index is -1.66. The number of ether oxygens (including phenoxy) is 1. The summed E-state index contributed by atoms with van der Waals surface area (Å²) in [4.78, 5) is 29.4. The second-order valence-electron chi connectivity index (χ2n) is 11.0. The van der Waals surface area contributed by atoms with E-state index in [9.17, 15) is 24.3 Å². The second kappa shape index (κ2) is 11.5. The summed E-state index contributed by atoms with van der Waals surface area (Å²) in [5.74, 6) is -0.529. The molecule has 1 aliphatic rings. The lowest BCUT2D eigenvalue weighted by Crippen LogP contribution is -2.49. The summed E-state index contributed by atoms with van der Waals surface area (Å²) in [6, 6.07) is 9.20. The number of fused-ring (bicyclic) bond motifs is 1. The van der Waals surface area contributed by atoms with Crippen LogP contribution in [0, 0.1) is 11.3 Å². The average Bonchev–Trinajstić information content (AvgIpc) is 3.35. The summed E-state index contributed by atoms with van der Waals surface area (Å²) in [5.41, 5.74) is 1.11. The Morgan fingerprint density at radius 3 is 2.67 bits per heavy atom. The SMILES string of the molecule is COC(=O)NC1(C)CCC(Nc2cc(-c3ccc4cc(C#N)cnn34)ncc2C(=O)NC[C@@H](F)C(C)(C)O)CC1. The van der Waals surface area contributed by atoms with Crippen LogP contribution in [-0.4, -0.2) is 68.7 Å². The number of rotatable bonds is 8. The van der Waals surface area contributed by atoms with E-state index in [1.165, 1.54) is 33.4 Å². The summed E-state index contributed by atoms with van der Waals surface area (Å²) in [6.45, 7) is 4.30. The molecule has 0 spiro atoms. The lowest BCUT2D eigenvalue weighted by Gasteiger charge is -2.38. The molecule has 1 saturated carbocycles. The van der Waals surface area contributed by atoms with Gasteiger partial charge in [-0.05, 0) is 70.7 Å². The van der Waals surface area contributed by atoms with E-state index in [0.717, 1.165) is 18.4 Å². The molecule has 0 saturated heterocycles. The number of aromatic nitrogens is 3. The van der Waals surface area contributed by atoms with Gasteiger partial charge in [-0.1, -0.05) is 0 Å². The maximum atomic E-state index is 14.3. The molecule has 0 radical (unpaired) electrons. The van der Waals surface area contributed by atoms with Crippen LogP contribution in [-0.2, 0) is 4.74 Å². The third-order valence-electron chi connectivity index (χ3n) is 7.29. The summed E-state index contributed by atoms with van der Waals surface area (Å²) in [7, 11) is 1.33. The van der Waals surface area contributed by atoms with E-state index < -0.39 is 29.3 Å². The quantitative estimate of drug-likeness (QED) is 0.331. The molecule has 1 atom stereocenters. The number of amides is 2. The van der Waals surface area contributed by atoms with E-state index in [-0.39, 0.29) is 18.2 Å². The highest BCUT2D eigenvalue weighted by atomic mass is 19.1. The third-order valence-corrected chi connectivity index (χ3v) is 7.29. The molecule has 12 heteroatoms. The van der Waals surface area contributed by atoms with Crippen molar-refractivity contribution in [3.63, 3.8) is 0 Å². The van der Waals surface area contributed by atoms with Crippen molar-refractivity contribution in [2.45, 2.75) is 69.8 Å². The van der Waals surface area contributed by atoms with Crippen LogP contribution in [0.15, 0.2) is 36.7 Å². The smallest absolute Gasteiger partial charge is 0.407 e. The van der Waals surface area contributed by atoms with Gasteiger partial charge >= 0.3 is 6.09 Å². The Balaban J connectivity index is 1.61. The number of alkyl carbamates (subject to hydrolysis) is 1. The first-order valence-corrected chi connectivity index (χ1v) is 13.1. The number of nitriles is 1. The van der Waals surface area contributed by atoms with Crippen molar-refractivity contribution in [1.29, 1.82) is 5.26 Å². The van der Waals surface area contributed by atoms with Gasteiger partial charge in [0.2, 0.25) is 0 Å². The molecule has 3 heterocycles. The Labute approximate surface area is 231 Å². The van der Waals surface area contributed by atoms with Crippen LogP contribution in [0.4, 0.5) is 14.9 Å². The van der Waals surface area contributed by atoms with Crippen LogP contribution in [0.2, 0.25) is 0 Å². The molecule has 1 fully saturated rings. The molecule has 2 amide bonds. The van der Waals surface area contributed by atoms with Crippen molar-refractivity contribution in [2.75, 3.05) is 19.0 Å². The molecule has 0 bridgehead atoms. The maximum Gasteiger partial charge on any atom is 0.407 e. The van der Waals surface area contributed by atoms with Crippen LogP contribution in [0.25, 0.3) is 16.9 Å². The molecular formula is C28H34FN7O4. The number of carbonyl (C=O) groups excluding carboxylic acids is 2. The van der Waals surface area contributed by atoms with E-state index in [4.69, 9.17) is 4.74 Å². The first-order chi connectivity index (χ1) is 18.9. The number of aliphatic hydroxyl groups is 1. The topological polar surface area (TPSA) is 154 Å². The van der Waals surface area contributed by atoms with Crippen molar-refractivity contribution >= 4 is 23.2 Å². The molecular weight excluding hydrogens is 517 g/mol. The number of hydrogen-bond acceptors (Lipinski definition) is 8. The van der Waals surface area contributed by atoms with E-state index in [2.05, 4.69) is 32.1 Å². The monoisotopic (exact) mass is 551 g/mol. The van der Waals surface area contributed by atoms with Crippen molar-refractivity contribution in [3.8, 4) is 17.5 Å². The Bertz CT molecular complexity index is 1430. The highest BCUT2D eigenvalue weighted by molar-refractivity contribution is 6.00. The van der Waals surface area contributed by atoms with Gasteiger partial charge in [-0.2, -0.15) is 10.4 Å². The highest BCUT2D eigenvalue weighted by Gasteiger charge is 2.33. The zero-order valence-corrected chi connectivity index (χ0v) is 23.0. The molecule has 4 N–H and O–H groups in total. The Kier molecular flexibility index (Phi) is 8.25. The standard InChI is InChI=1S/C28H34FN7O4/c1-27(2,39)24(29)16-32-25(37)20-15-31-22(23-6-5-19-11-17(13-30)14-33-36(19)23)12-21(20)34-18-7-9-28(3,10-8-18)35-26(38)40-4/h5-6,11-12,14-15,18,24,39H,7-10,16H2,1-4H3,(H,31,34)(H,32,37)(H,35,38)/t18?,24-,28?/m1/s1. The Morgan fingerprint density at radius 1 is 1.30 bits per heavy atom.